The van der Waals surface area contributed by atoms with Crippen molar-refractivity contribution in [3.63, 3.8) is 0 Å². The maximum Gasteiger partial charge on any atom is 0.251 e. The number of nitrogens with zero attached hydrogens (tertiary/aromatic N) is 1. The normalized spacial score (nSPS) is 16.6. The second kappa shape index (κ2) is 6.14. The smallest absolute Gasteiger partial charge is 0.232 e. The van der Waals surface area contributed by atoms with Crippen molar-refractivity contribution in [3.8, 4) is 0 Å². The van der Waals surface area contributed by atoms with Crippen LogP contribution in [0.5, 0.6) is 0 Å². The van der Waals surface area contributed by atoms with Gasteiger partial charge in [-0.15, -0.1) is 0 Å². The number of hydrogen-bond acceptors (Lipinski definition) is 4. The van der Waals surface area contributed by atoms with Crippen LogP contribution in [0.2, 0.25) is 4.47 Å². The lowest BCUT2D eigenvalue weighted by Gasteiger charge is -2.12. The van der Waals surface area contributed by atoms with Gasteiger partial charge in [-0.05, 0) is 32.1 Å². The molecule has 2 rings (SSSR count). The van der Waals surface area contributed by atoms with Crippen LogP contribution in [0.15, 0.2) is 22.1 Å². The van der Waals surface area contributed by atoms with Gasteiger partial charge in [0.2, 0.25) is 0 Å². The second-order valence-corrected chi connectivity index (χ2v) is 7.79. The molecule has 1 aliphatic rings. The van der Waals surface area contributed by atoms with Crippen molar-refractivity contribution in [2.24, 2.45) is 0 Å². The first-order valence-electron chi connectivity index (χ1n) is 5.87. The quantitative estimate of drug-likeness (QED) is 0.851. The van der Waals surface area contributed by atoms with Crippen LogP contribution in [0.4, 0.5) is 0 Å². The molecule has 0 saturated carbocycles. The zero-order valence-electron chi connectivity index (χ0n) is 9.86. The minimum absolute atomic E-state index is 0.171. The van der Waals surface area contributed by atoms with Crippen LogP contribution >= 0.6 is 22.9 Å². The van der Waals surface area contributed by atoms with Crippen LogP contribution in [-0.2, 0) is 10.0 Å². The molecule has 1 aliphatic carbocycles. The van der Waals surface area contributed by atoms with Gasteiger partial charge in [-0.1, -0.05) is 34.6 Å². The fraction of sp³-hybridized carbons (Fsp3) is 0.545. The van der Waals surface area contributed by atoms with Crippen LogP contribution in [0.3, 0.4) is 0 Å². The number of aromatic nitrogens is 1. The summed E-state index contributed by atoms with van der Waals surface area (Å²) in [6, 6.07) is 0. The summed E-state index contributed by atoms with van der Waals surface area (Å²) in [5.74, 6) is 0. The maximum absolute atomic E-state index is 11.9. The molecule has 1 aromatic rings. The first-order valence-corrected chi connectivity index (χ1v) is 8.54. The van der Waals surface area contributed by atoms with Gasteiger partial charge in [0, 0.05) is 6.54 Å². The summed E-state index contributed by atoms with van der Waals surface area (Å²) >= 11 is 6.60. The molecule has 1 heterocycles. The second-order valence-electron chi connectivity index (χ2n) is 4.19. The van der Waals surface area contributed by atoms with Crippen molar-refractivity contribution in [1.29, 1.82) is 0 Å². The van der Waals surface area contributed by atoms with Crippen LogP contribution in [0, 0.1) is 0 Å². The molecule has 18 heavy (non-hydrogen) atoms. The van der Waals surface area contributed by atoms with E-state index in [1.165, 1.54) is 24.6 Å². The van der Waals surface area contributed by atoms with Crippen molar-refractivity contribution in [2.75, 3.05) is 6.54 Å². The minimum atomic E-state index is -3.45. The Kier molecular flexibility index (Phi) is 4.77. The molecule has 0 fully saturated rings. The predicted molar refractivity (Wildman–Crippen MR) is 73.5 cm³/mol. The Balaban J connectivity index is 1.87. The molecule has 1 N–H and O–H groups in total. The summed E-state index contributed by atoms with van der Waals surface area (Å²) < 4.78 is 26.7. The molecule has 0 spiro atoms. The summed E-state index contributed by atoms with van der Waals surface area (Å²) in [5, 5.41) is 0. The van der Waals surface area contributed by atoms with Crippen molar-refractivity contribution in [2.45, 2.75) is 36.3 Å². The SMILES string of the molecule is O=S(=O)(NCCC1=CCCCC1)c1cnc(Cl)s1. The Hall–Kier alpha value is -0.430. The topological polar surface area (TPSA) is 59.1 Å². The molecule has 4 nitrogen and oxygen atoms in total. The molecule has 0 atom stereocenters. The highest BCUT2D eigenvalue weighted by Gasteiger charge is 2.17. The molecule has 0 radical (unpaired) electrons. The standard InChI is InChI=1S/C11H15ClN2O2S2/c12-11-13-8-10(17-11)18(15,16)14-7-6-9-4-2-1-3-5-9/h4,8,14H,1-3,5-7H2. The van der Waals surface area contributed by atoms with E-state index >= 15 is 0 Å². The summed E-state index contributed by atoms with van der Waals surface area (Å²) in [6.45, 7) is 0.434. The van der Waals surface area contributed by atoms with Gasteiger partial charge in [-0.25, -0.2) is 18.1 Å². The summed E-state index contributed by atoms with van der Waals surface area (Å²) in [6.07, 6.45) is 8.96. The van der Waals surface area contributed by atoms with Crippen LogP contribution < -0.4 is 4.72 Å². The first kappa shape index (κ1) is 14.0. The van der Waals surface area contributed by atoms with E-state index < -0.39 is 10.0 Å². The van der Waals surface area contributed by atoms with Gasteiger partial charge in [0.1, 0.15) is 0 Å². The zero-order chi connectivity index (χ0) is 13.0. The Morgan fingerprint density at radius 2 is 2.28 bits per heavy atom. The molecule has 0 saturated heterocycles. The predicted octanol–water partition coefficient (Wildman–Crippen LogP) is 2.97. The summed E-state index contributed by atoms with van der Waals surface area (Å²) in [5.41, 5.74) is 1.35. The molecular formula is C11H15ClN2O2S2. The third kappa shape index (κ3) is 3.78. The Labute approximate surface area is 116 Å². The largest absolute Gasteiger partial charge is 0.251 e. The van der Waals surface area contributed by atoms with Crippen LogP contribution in [-0.4, -0.2) is 19.9 Å². The molecular weight excluding hydrogens is 292 g/mol. The van der Waals surface area contributed by atoms with E-state index in [1.54, 1.807) is 0 Å². The summed E-state index contributed by atoms with van der Waals surface area (Å²) in [4.78, 5) is 3.73. The average Bonchev–Trinajstić information content (AvgIpc) is 2.78. The Morgan fingerprint density at radius 1 is 1.44 bits per heavy atom. The van der Waals surface area contributed by atoms with Gasteiger partial charge in [-0.3, -0.25) is 0 Å². The fourth-order valence-electron chi connectivity index (χ4n) is 1.91. The number of thiazole rings is 1. The number of sulfonamides is 1. The monoisotopic (exact) mass is 306 g/mol. The average molecular weight is 307 g/mol. The lowest BCUT2D eigenvalue weighted by atomic mass is 9.97. The van der Waals surface area contributed by atoms with Gasteiger partial charge in [0.25, 0.3) is 10.0 Å². The van der Waals surface area contributed by atoms with Crippen molar-refractivity contribution < 1.29 is 8.42 Å². The lowest BCUT2D eigenvalue weighted by molar-refractivity contribution is 0.581. The zero-order valence-corrected chi connectivity index (χ0v) is 12.2. The molecule has 100 valence electrons. The Morgan fingerprint density at radius 3 is 2.89 bits per heavy atom. The number of allylic oxidation sites excluding steroid dienone is 1. The Bertz CT molecular complexity index is 537. The van der Waals surface area contributed by atoms with Gasteiger partial charge in [0.05, 0.1) is 6.20 Å². The molecule has 7 heteroatoms. The van der Waals surface area contributed by atoms with Gasteiger partial charge >= 0.3 is 0 Å². The highest BCUT2D eigenvalue weighted by molar-refractivity contribution is 7.91. The molecule has 0 aliphatic heterocycles. The highest BCUT2D eigenvalue weighted by Crippen LogP contribution is 2.23. The van der Waals surface area contributed by atoms with E-state index in [2.05, 4.69) is 15.8 Å². The van der Waals surface area contributed by atoms with Crippen molar-refractivity contribution in [3.05, 3.63) is 22.3 Å². The maximum atomic E-state index is 11.9. The van der Waals surface area contributed by atoms with Crippen LogP contribution in [0.1, 0.15) is 32.1 Å². The van der Waals surface area contributed by atoms with Gasteiger partial charge < -0.3 is 0 Å². The molecule has 1 aromatic heterocycles. The number of rotatable bonds is 5. The molecule has 0 unspecified atom stereocenters. The fourth-order valence-corrected chi connectivity index (χ4v) is 4.28. The van der Waals surface area contributed by atoms with E-state index in [-0.39, 0.29) is 8.68 Å². The van der Waals surface area contributed by atoms with Crippen molar-refractivity contribution in [1.82, 2.24) is 9.71 Å². The van der Waals surface area contributed by atoms with E-state index in [0.717, 1.165) is 30.6 Å². The number of nitrogens with one attached hydrogen (secondary N) is 1. The van der Waals surface area contributed by atoms with Crippen molar-refractivity contribution >= 4 is 33.0 Å². The van der Waals surface area contributed by atoms with E-state index in [1.807, 2.05) is 0 Å². The first-order chi connectivity index (χ1) is 8.58. The van der Waals surface area contributed by atoms with Crippen LogP contribution in [0.25, 0.3) is 0 Å². The third-order valence-corrected chi connectivity index (χ3v) is 5.88. The third-order valence-electron chi connectivity index (χ3n) is 2.84. The molecule has 0 aromatic carbocycles. The van der Waals surface area contributed by atoms with Gasteiger partial charge in [0.15, 0.2) is 8.68 Å². The van der Waals surface area contributed by atoms with E-state index in [0.29, 0.717) is 6.54 Å². The van der Waals surface area contributed by atoms with E-state index in [4.69, 9.17) is 11.6 Å². The van der Waals surface area contributed by atoms with E-state index in [9.17, 15) is 8.42 Å². The lowest BCUT2D eigenvalue weighted by Crippen LogP contribution is -2.24. The number of hydrogen-bond donors (Lipinski definition) is 1. The summed E-state index contributed by atoms with van der Waals surface area (Å²) in [7, 11) is -3.45. The minimum Gasteiger partial charge on any atom is -0.232 e. The number of halogens is 1. The van der Waals surface area contributed by atoms with Gasteiger partial charge in [-0.2, -0.15) is 0 Å². The molecule has 0 bridgehead atoms. The molecule has 0 amide bonds. The highest BCUT2D eigenvalue weighted by atomic mass is 35.5.